The first kappa shape index (κ1) is 19.2. The molecule has 1 aliphatic heterocycles. The minimum Gasteiger partial charge on any atom is -0.508 e. The van der Waals surface area contributed by atoms with Crippen molar-refractivity contribution >= 4 is 0 Å². The van der Waals surface area contributed by atoms with Gasteiger partial charge in [0.05, 0.1) is 18.8 Å². The molecule has 4 heteroatoms. The second-order valence-electron chi connectivity index (χ2n) is 7.78. The van der Waals surface area contributed by atoms with Crippen molar-refractivity contribution in [1.29, 1.82) is 0 Å². The molecule has 1 fully saturated rings. The molecule has 1 saturated heterocycles. The van der Waals surface area contributed by atoms with E-state index in [-0.39, 0.29) is 5.41 Å². The van der Waals surface area contributed by atoms with Gasteiger partial charge < -0.3 is 19.8 Å². The lowest BCUT2D eigenvalue weighted by Crippen LogP contribution is -2.41. The number of phenolic OH excluding ortho intramolecular Hbond substituents is 1. The number of rotatable bonds is 7. The maximum Gasteiger partial charge on any atom is 0.115 e. The predicted molar refractivity (Wildman–Crippen MR) is 97.5 cm³/mol. The average Bonchev–Trinajstić information content (AvgIpc) is 2.74. The number of benzene rings is 1. The summed E-state index contributed by atoms with van der Waals surface area (Å²) in [6, 6.07) is 7.77. The molecule has 1 aromatic carbocycles. The van der Waals surface area contributed by atoms with Gasteiger partial charge in [-0.05, 0) is 57.4 Å². The molecule has 24 heavy (non-hydrogen) atoms. The van der Waals surface area contributed by atoms with Gasteiger partial charge in [0.2, 0.25) is 0 Å². The zero-order valence-electron chi connectivity index (χ0n) is 15.4. The number of ether oxygens (including phenoxy) is 1. The Morgan fingerprint density at radius 3 is 2.75 bits per heavy atom. The summed E-state index contributed by atoms with van der Waals surface area (Å²) in [5.74, 6) is 0.352. The van der Waals surface area contributed by atoms with E-state index in [4.69, 9.17) is 4.74 Å². The number of aliphatic hydroxyl groups is 1. The summed E-state index contributed by atoms with van der Waals surface area (Å²) in [6.07, 6.45) is 4.64. The summed E-state index contributed by atoms with van der Waals surface area (Å²) in [5, 5.41) is 19.6. The zero-order chi connectivity index (χ0) is 17.6. The van der Waals surface area contributed by atoms with Crippen molar-refractivity contribution in [2.24, 2.45) is 0 Å². The van der Waals surface area contributed by atoms with E-state index in [0.717, 1.165) is 32.5 Å². The van der Waals surface area contributed by atoms with E-state index in [1.807, 2.05) is 12.1 Å². The second-order valence-corrected chi connectivity index (χ2v) is 7.78. The predicted octanol–water partition coefficient (Wildman–Crippen LogP) is 3.31. The van der Waals surface area contributed by atoms with Gasteiger partial charge in [0.1, 0.15) is 5.75 Å². The molecule has 4 nitrogen and oxygen atoms in total. The molecule has 0 aliphatic carbocycles. The number of likely N-dealkylation sites (tertiary alicyclic amines) is 1. The standard InChI is InChI=1S/C20H33NO3/c1-4-20(17-8-7-9-18(22)14-17)10-5-6-11-21(15-20)12-13-24-16-19(2,3)23/h7-9,14,22-23H,4-6,10-13,15-16H2,1-3H3. The van der Waals surface area contributed by atoms with Gasteiger partial charge in [-0.2, -0.15) is 0 Å². The normalized spacial score (nSPS) is 23.2. The Labute approximate surface area is 146 Å². The Kier molecular flexibility index (Phi) is 6.67. The van der Waals surface area contributed by atoms with Gasteiger partial charge >= 0.3 is 0 Å². The molecule has 0 radical (unpaired) electrons. The number of aromatic hydroxyl groups is 1. The van der Waals surface area contributed by atoms with Crippen molar-refractivity contribution in [3.8, 4) is 5.75 Å². The first-order valence-corrected chi connectivity index (χ1v) is 9.17. The van der Waals surface area contributed by atoms with Gasteiger partial charge in [-0.25, -0.2) is 0 Å². The Morgan fingerprint density at radius 1 is 1.29 bits per heavy atom. The van der Waals surface area contributed by atoms with Crippen LogP contribution in [0.4, 0.5) is 0 Å². The summed E-state index contributed by atoms with van der Waals surface area (Å²) in [4.78, 5) is 2.48. The van der Waals surface area contributed by atoms with Crippen LogP contribution in [0.5, 0.6) is 5.75 Å². The van der Waals surface area contributed by atoms with Gasteiger partial charge in [-0.3, -0.25) is 0 Å². The molecule has 1 atom stereocenters. The van der Waals surface area contributed by atoms with Crippen molar-refractivity contribution in [1.82, 2.24) is 4.90 Å². The smallest absolute Gasteiger partial charge is 0.115 e. The zero-order valence-corrected chi connectivity index (χ0v) is 15.4. The highest BCUT2D eigenvalue weighted by molar-refractivity contribution is 5.33. The van der Waals surface area contributed by atoms with Crippen molar-refractivity contribution in [2.75, 3.05) is 32.8 Å². The van der Waals surface area contributed by atoms with E-state index < -0.39 is 5.60 Å². The third-order valence-corrected chi connectivity index (χ3v) is 5.05. The summed E-state index contributed by atoms with van der Waals surface area (Å²) >= 11 is 0. The summed E-state index contributed by atoms with van der Waals surface area (Å²) < 4.78 is 5.64. The highest BCUT2D eigenvalue weighted by Crippen LogP contribution is 2.37. The van der Waals surface area contributed by atoms with Crippen molar-refractivity contribution in [3.63, 3.8) is 0 Å². The van der Waals surface area contributed by atoms with Gasteiger partial charge in [-0.15, -0.1) is 0 Å². The second kappa shape index (κ2) is 8.32. The lowest BCUT2D eigenvalue weighted by atomic mass is 9.74. The fourth-order valence-electron chi connectivity index (χ4n) is 3.66. The summed E-state index contributed by atoms with van der Waals surface area (Å²) in [6.45, 7) is 9.77. The molecular formula is C20H33NO3. The van der Waals surface area contributed by atoms with Crippen LogP contribution in [-0.2, 0) is 10.2 Å². The maximum absolute atomic E-state index is 9.88. The Hall–Kier alpha value is -1.10. The molecule has 1 aliphatic rings. The Bertz CT molecular complexity index is 512. The number of hydrogen-bond donors (Lipinski definition) is 2. The number of nitrogens with zero attached hydrogens (tertiary/aromatic N) is 1. The van der Waals surface area contributed by atoms with E-state index >= 15 is 0 Å². The molecule has 2 N–H and O–H groups in total. The molecule has 0 aromatic heterocycles. The number of hydrogen-bond acceptors (Lipinski definition) is 4. The molecule has 1 unspecified atom stereocenters. The van der Waals surface area contributed by atoms with Crippen LogP contribution >= 0.6 is 0 Å². The van der Waals surface area contributed by atoms with Crippen LogP contribution < -0.4 is 0 Å². The van der Waals surface area contributed by atoms with E-state index in [1.165, 1.54) is 18.4 Å². The van der Waals surface area contributed by atoms with E-state index in [2.05, 4.69) is 17.9 Å². The monoisotopic (exact) mass is 335 g/mol. The lowest BCUT2D eigenvalue weighted by molar-refractivity contribution is -0.0261. The first-order chi connectivity index (χ1) is 11.3. The molecule has 0 spiro atoms. The fraction of sp³-hybridized carbons (Fsp3) is 0.700. The minimum atomic E-state index is -0.770. The quantitative estimate of drug-likeness (QED) is 0.751. The maximum atomic E-state index is 9.88. The van der Waals surface area contributed by atoms with Crippen molar-refractivity contribution < 1.29 is 14.9 Å². The molecule has 0 amide bonds. The summed E-state index contributed by atoms with van der Waals surface area (Å²) in [5.41, 5.74) is 0.577. The van der Waals surface area contributed by atoms with Crippen molar-refractivity contribution in [3.05, 3.63) is 29.8 Å². The van der Waals surface area contributed by atoms with Gasteiger partial charge in [0.15, 0.2) is 0 Å². The molecule has 0 saturated carbocycles. The van der Waals surface area contributed by atoms with Gasteiger partial charge in [0.25, 0.3) is 0 Å². The topological polar surface area (TPSA) is 52.9 Å². The Balaban J connectivity index is 2.02. The largest absolute Gasteiger partial charge is 0.508 e. The van der Waals surface area contributed by atoms with Gasteiger partial charge in [-0.1, -0.05) is 25.5 Å². The minimum absolute atomic E-state index is 0.103. The fourth-order valence-corrected chi connectivity index (χ4v) is 3.66. The molecule has 0 bridgehead atoms. The van der Waals surface area contributed by atoms with Crippen LogP contribution in [0.3, 0.4) is 0 Å². The van der Waals surface area contributed by atoms with Crippen molar-refractivity contribution in [2.45, 2.75) is 57.5 Å². The van der Waals surface area contributed by atoms with E-state index in [1.54, 1.807) is 19.9 Å². The molecular weight excluding hydrogens is 302 g/mol. The average molecular weight is 335 g/mol. The van der Waals surface area contributed by atoms with Gasteiger partial charge in [0, 0.05) is 18.5 Å². The van der Waals surface area contributed by atoms with Crippen LogP contribution in [0.1, 0.15) is 52.0 Å². The third kappa shape index (κ3) is 5.47. The molecule has 1 heterocycles. The molecule has 136 valence electrons. The first-order valence-electron chi connectivity index (χ1n) is 9.17. The van der Waals surface area contributed by atoms with Crippen LogP contribution in [0.2, 0.25) is 0 Å². The molecule has 1 aromatic rings. The highest BCUT2D eigenvalue weighted by atomic mass is 16.5. The van der Waals surface area contributed by atoms with Crippen LogP contribution in [0, 0.1) is 0 Å². The lowest BCUT2D eigenvalue weighted by Gasteiger charge is -2.36. The summed E-state index contributed by atoms with van der Waals surface area (Å²) in [7, 11) is 0. The van der Waals surface area contributed by atoms with E-state index in [9.17, 15) is 10.2 Å². The van der Waals surface area contributed by atoms with E-state index in [0.29, 0.717) is 19.0 Å². The Morgan fingerprint density at radius 2 is 2.08 bits per heavy atom. The van der Waals surface area contributed by atoms with Crippen LogP contribution in [0.25, 0.3) is 0 Å². The molecule has 2 rings (SSSR count). The third-order valence-electron chi connectivity index (χ3n) is 5.05. The SMILES string of the molecule is CCC1(c2cccc(O)c2)CCCCN(CCOCC(C)(C)O)C1. The van der Waals surface area contributed by atoms with Crippen LogP contribution in [-0.4, -0.2) is 53.6 Å². The highest BCUT2D eigenvalue weighted by Gasteiger charge is 2.34. The van der Waals surface area contributed by atoms with Crippen LogP contribution in [0.15, 0.2) is 24.3 Å². The number of phenols is 1.